The molecule has 2 rings (SSSR count). The molecule has 0 saturated carbocycles. The molecule has 106 valence electrons. The summed E-state index contributed by atoms with van der Waals surface area (Å²) >= 11 is 1.65. The molecule has 20 heavy (non-hydrogen) atoms. The van der Waals surface area contributed by atoms with Gasteiger partial charge in [0.2, 0.25) is 0 Å². The van der Waals surface area contributed by atoms with Gasteiger partial charge in [0.15, 0.2) is 0 Å². The van der Waals surface area contributed by atoms with Crippen molar-refractivity contribution in [3.05, 3.63) is 59.7 Å². The molecule has 1 atom stereocenters. The quantitative estimate of drug-likeness (QED) is 0.807. The maximum absolute atomic E-state index is 10.3. The molecule has 3 heteroatoms. The largest absolute Gasteiger partial charge is 0.493 e. The van der Waals surface area contributed by atoms with Gasteiger partial charge in [0.1, 0.15) is 5.75 Å². The standard InChI is InChI=1S/C17H20O2S/c1-3-19-17-7-5-4-6-15(17)16(18)12-20-14-10-8-13(2)9-11-14/h4-11,16,18H,3,12H2,1-2H3. The lowest BCUT2D eigenvalue weighted by Crippen LogP contribution is -2.04. The van der Waals surface area contributed by atoms with Crippen molar-refractivity contribution in [2.75, 3.05) is 12.4 Å². The van der Waals surface area contributed by atoms with E-state index in [4.69, 9.17) is 4.74 Å². The van der Waals surface area contributed by atoms with Crippen molar-refractivity contribution >= 4 is 11.8 Å². The number of hydrogen-bond acceptors (Lipinski definition) is 3. The van der Waals surface area contributed by atoms with Gasteiger partial charge in [-0.05, 0) is 32.0 Å². The second-order valence-corrected chi connectivity index (χ2v) is 5.70. The van der Waals surface area contributed by atoms with Crippen molar-refractivity contribution in [2.24, 2.45) is 0 Å². The number of thioether (sulfide) groups is 1. The van der Waals surface area contributed by atoms with E-state index in [-0.39, 0.29) is 0 Å². The molecule has 2 aromatic carbocycles. The van der Waals surface area contributed by atoms with Crippen LogP contribution in [-0.2, 0) is 0 Å². The predicted molar refractivity (Wildman–Crippen MR) is 84.5 cm³/mol. The van der Waals surface area contributed by atoms with Gasteiger partial charge in [0.25, 0.3) is 0 Å². The Kier molecular flexibility index (Phi) is 5.50. The molecule has 0 spiro atoms. The zero-order valence-corrected chi connectivity index (χ0v) is 12.7. The van der Waals surface area contributed by atoms with Crippen molar-refractivity contribution in [1.82, 2.24) is 0 Å². The molecule has 0 aliphatic rings. The molecular weight excluding hydrogens is 268 g/mol. The van der Waals surface area contributed by atoms with Crippen LogP contribution in [0.15, 0.2) is 53.4 Å². The highest BCUT2D eigenvalue weighted by Gasteiger charge is 2.13. The van der Waals surface area contributed by atoms with Crippen molar-refractivity contribution in [3.8, 4) is 5.75 Å². The average molecular weight is 288 g/mol. The molecule has 0 aliphatic carbocycles. The maximum atomic E-state index is 10.3. The first-order chi connectivity index (χ1) is 9.70. The Bertz CT molecular complexity index is 537. The lowest BCUT2D eigenvalue weighted by atomic mass is 10.1. The lowest BCUT2D eigenvalue weighted by molar-refractivity contribution is 0.196. The summed E-state index contributed by atoms with van der Waals surface area (Å²) in [4.78, 5) is 1.17. The van der Waals surface area contributed by atoms with Gasteiger partial charge in [-0.1, -0.05) is 35.9 Å². The van der Waals surface area contributed by atoms with Crippen LogP contribution in [0, 0.1) is 6.92 Å². The summed E-state index contributed by atoms with van der Waals surface area (Å²) < 4.78 is 5.56. The third-order valence-corrected chi connectivity index (χ3v) is 4.09. The van der Waals surface area contributed by atoms with Crippen LogP contribution >= 0.6 is 11.8 Å². The first kappa shape index (κ1) is 14.9. The maximum Gasteiger partial charge on any atom is 0.125 e. The fourth-order valence-electron chi connectivity index (χ4n) is 1.94. The molecule has 0 radical (unpaired) electrons. The van der Waals surface area contributed by atoms with Crippen LogP contribution in [0.4, 0.5) is 0 Å². The van der Waals surface area contributed by atoms with E-state index in [2.05, 4.69) is 31.2 Å². The van der Waals surface area contributed by atoms with Crippen molar-refractivity contribution in [2.45, 2.75) is 24.8 Å². The Labute approximate surface area is 124 Å². The summed E-state index contributed by atoms with van der Waals surface area (Å²) in [7, 11) is 0. The topological polar surface area (TPSA) is 29.5 Å². The number of aliphatic hydroxyl groups is 1. The Morgan fingerprint density at radius 3 is 2.50 bits per heavy atom. The van der Waals surface area contributed by atoms with Crippen molar-refractivity contribution < 1.29 is 9.84 Å². The summed E-state index contributed by atoms with van der Waals surface area (Å²) in [6.07, 6.45) is -0.524. The van der Waals surface area contributed by atoms with Gasteiger partial charge in [-0.3, -0.25) is 0 Å². The fourth-order valence-corrected chi connectivity index (χ4v) is 2.80. The van der Waals surface area contributed by atoms with Gasteiger partial charge < -0.3 is 9.84 Å². The molecule has 0 heterocycles. The predicted octanol–water partition coefficient (Wildman–Crippen LogP) is 4.22. The minimum Gasteiger partial charge on any atom is -0.493 e. The number of benzene rings is 2. The third kappa shape index (κ3) is 4.02. The molecule has 2 nitrogen and oxygen atoms in total. The minimum atomic E-state index is -0.524. The number of para-hydroxylation sites is 1. The molecule has 0 amide bonds. The normalized spacial score (nSPS) is 12.2. The van der Waals surface area contributed by atoms with E-state index in [1.54, 1.807) is 11.8 Å². The van der Waals surface area contributed by atoms with Crippen LogP contribution in [0.1, 0.15) is 24.2 Å². The number of rotatable bonds is 6. The molecule has 0 saturated heterocycles. The van der Waals surface area contributed by atoms with E-state index in [1.165, 1.54) is 10.5 Å². The molecule has 0 fully saturated rings. The van der Waals surface area contributed by atoms with Gasteiger partial charge >= 0.3 is 0 Å². The van der Waals surface area contributed by atoms with E-state index in [0.717, 1.165) is 11.3 Å². The SMILES string of the molecule is CCOc1ccccc1C(O)CSc1ccc(C)cc1. The monoisotopic (exact) mass is 288 g/mol. The molecule has 1 unspecified atom stereocenters. The molecule has 0 aromatic heterocycles. The smallest absolute Gasteiger partial charge is 0.125 e. The van der Waals surface area contributed by atoms with Crippen molar-refractivity contribution in [1.29, 1.82) is 0 Å². The summed E-state index contributed by atoms with van der Waals surface area (Å²) in [5.41, 5.74) is 2.10. The van der Waals surface area contributed by atoms with Crippen LogP contribution in [0.5, 0.6) is 5.75 Å². The fraction of sp³-hybridized carbons (Fsp3) is 0.294. The Morgan fingerprint density at radius 2 is 1.80 bits per heavy atom. The molecule has 2 aromatic rings. The third-order valence-electron chi connectivity index (χ3n) is 3.01. The van der Waals surface area contributed by atoms with E-state index in [9.17, 15) is 5.11 Å². The zero-order chi connectivity index (χ0) is 14.4. The summed E-state index contributed by atoms with van der Waals surface area (Å²) in [5, 5.41) is 10.3. The van der Waals surface area contributed by atoms with Gasteiger partial charge in [0.05, 0.1) is 12.7 Å². The van der Waals surface area contributed by atoms with Crippen LogP contribution in [-0.4, -0.2) is 17.5 Å². The van der Waals surface area contributed by atoms with Crippen LogP contribution < -0.4 is 4.74 Å². The van der Waals surface area contributed by atoms with Crippen LogP contribution in [0.25, 0.3) is 0 Å². The van der Waals surface area contributed by atoms with Gasteiger partial charge in [0, 0.05) is 16.2 Å². The summed E-state index contributed by atoms with van der Waals surface area (Å²) in [6.45, 7) is 4.63. The lowest BCUT2D eigenvalue weighted by Gasteiger charge is -2.15. The highest BCUT2D eigenvalue weighted by Crippen LogP contribution is 2.30. The Hall–Kier alpha value is -1.45. The van der Waals surface area contributed by atoms with Crippen molar-refractivity contribution in [3.63, 3.8) is 0 Å². The highest BCUT2D eigenvalue weighted by molar-refractivity contribution is 7.99. The summed E-state index contributed by atoms with van der Waals surface area (Å²) in [5.74, 6) is 1.39. The number of aryl methyl sites for hydroxylation is 1. The minimum absolute atomic E-state index is 0.524. The zero-order valence-electron chi connectivity index (χ0n) is 11.9. The second-order valence-electron chi connectivity index (χ2n) is 4.61. The van der Waals surface area contributed by atoms with Crippen LogP contribution in [0.3, 0.4) is 0 Å². The van der Waals surface area contributed by atoms with Crippen LogP contribution in [0.2, 0.25) is 0 Å². The van der Waals surface area contributed by atoms with E-state index in [1.807, 2.05) is 31.2 Å². The first-order valence-corrected chi connectivity index (χ1v) is 7.78. The molecular formula is C17H20O2S. The Balaban J connectivity index is 2.01. The number of aliphatic hydroxyl groups excluding tert-OH is 1. The van der Waals surface area contributed by atoms with Gasteiger partial charge in [-0.2, -0.15) is 0 Å². The van der Waals surface area contributed by atoms with E-state index < -0.39 is 6.10 Å². The van der Waals surface area contributed by atoms with Gasteiger partial charge in [-0.25, -0.2) is 0 Å². The first-order valence-electron chi connectivity index (χ1n) is 6.80. The average Bonchev–Trinajstić information content (AvgIpc) is 2.47. The number of hydrogen-bond donors (Lipinski definition) is 1. The Morgan fingerprint density at radius 1 is 1.10 bits per heavy atom. The van der Waals surface area contributed by atoms with E-state index >= 15 is 0 Å². The molecule has 0 aliphatic heterocycles. The molecule has 1 N–H and O–H groups in total. The summed E-state index contributed by atoms with van der Waals surface area (Å²) in [6, 6.07) is 16.0. The van der Waals surface area contributed by atoms with Gasteiger partial charge in [-0.15, -0.1) is 11.8 Å². The number of ether oxygens (including phenoxy) is 1. The second kappa shape index (κ2) is 7.36. The highest BCUT2D eigenvalue weighted by atomic mass is 32.2. The molecule has 0 bridgehead atoms. The van der Waals surface area contributed by atoms with E-state index in [0.29, 0.717) is 12.4 Å².